The molecule has 1 aliphatic heterocycles. The zero-order chi connectivity index (χ0) is 28.1. The number of carbonyl (C=O) groups excluding carboxylic acids is 4. The van der Waals surface area contributed by atoms with E-state index in [9.17, 15) is 29.1 Å². The molecule has 1 aromatic carbocycles. The molecule has 2 aromatic rings. The second-order valence-electron chi connectivity index (χ2n) is 8.21. The molecule has 0 saturated carbocycles. The Morgan fingerprint density at radius 2 is 1.50 bits per heavy atom. The molecular formula is C24H25BrO13. The molecule has 0 radical (unpaired) electrons. The van der Waals surface area contributed by atoms with Crippen LogP contribution in [0, 0.1) is 0 Å². The van der Waals surface area contributed by atoms with Crippen molar-refractivity contribution in [1.29, 1.82) is 0 Å². The number of aliphatic hydroxyl groups is 1. The molecule has 206 valence electrons. The molecule has 1 aromatic heterocycles. The van der Waals surface area contributed by atoms with Crippen molar-refractivity contribution in [2.75, 3.05) is 6.61 Å². The van der Waals surface area contributed by atoms with Crippen LogP contribution in [0.2, 0.25) is 0 Å². The summed E-state index contributed by atoms with van der Waals surface area (Å²) in [7, 11) is 0. The SMILES string of the molecule is CC(=O)OC[C@H]1O[C@@H](Oc2cc3oc(=O)cc(CO)c3cc2Br)[C@H](OC(C)=O)[C@@H](OC(C)=O)[C@H]1OC(C)=O. The van der Waals surface area contributed by atoms with Gasteiger partial charge in [0.15, 0.2) is 12.2 Å². The van der Waals surface area contributed by atoms with Crippen molar-refractivity contribution in [3.8, 4) is 5.75 Å². The van der Waals surface area contributed by atoms with Crippen molar-refractivity contribution < 1.29 is 57.1 Å². The van der Waals surface area contributed by atoms with Gasteiger partial charge in [-0.05, 0) is 27.6 Å². The average molecular weight is 601 g/mol. The average Bonchev–Trinajstić information content (AvgIpc) is 2.81. The molecule has 14 heteroatoms. The molecule has 13 nitrogen and oxygen atoms in total. The van der Waals surface area contributed by atoms with Gasteiger partial charge in [-0.25, -0.2) is 4.79 Å². The summed E-state index contributed by atoms with van der Waals surface area (Å²) in [6.07, 6.45) is -6.91. The van der Waals surface area contributed by atoms with Crippen LogP contribution in [0.4, 0.5) is 0 Å². The molecule has 1 fully saturated rings. The predicted octanol–water partition coefficient (Wildman–Crippen LogP) is 1.51. The van der Waals surface area contributed by atoms with Gasteiger partial charge in [0.1, 0.15) is 24.0 Å². The predicted molar refractivity (Wildman–Crippen MR) is 129 cm³/mol. The van der Waals surface area contributed by atoms with Gasteiger partial charge in [0, 0.05) is 45.2 Å². The van der Waals surface area contributed by atoms with Crippen molar-refractivity contribution in [1.82, 2.24) is 0 Å². The van der Waals surface area contributed by atoms with Gasteiger partial charge < -0.3 is 37.9 Å². The number of carbonyl (C=O) groups is 4. The fourth-order valence-corrected chi connectivity index (χ4v) is 4.29. The van der Waals surface area contributed by atoms with Crippen LogP contribution in [0.5, 0.6) is 5.75 Å². The molecule has 0 amide bonds. The van der Waals surface area contributed by atoms with Crippen LogP contribution in [0.3, 0.4) is 0 Å². The maximum Gasteiger partial charge on any atom is 0.336 e. The van der Waals surface area contributed by atoms with E-state index < -0.39 is 73.4 Å². The van der Waals surface area contributed by atoms with E-state index in [1.165, 1.54) is 12.1 Å². The maximum atomic E-state index is 12.0. The van der Waals surface area contributed by atoms with Crippen LogP contribution in [0.1, 0.15) is 33.3 Å². The van der Waals surface area contributed by atoms with Crippen molar-refractivity contribution in [2.24, 2.45) is 0 Å². The van der Waals surface area contributed by atoms with Crippen LogP contribution < -0.4 is 10.4 Å². The molecule has 1 aliphatic rings. The highest BCUT2D eigenvalue weighted by molar-refractivity contribution is 9.10. The van der Waals surface area contributed by atoms with Gasteiger partial charge in [0.05, 0.1) is 11.1 Å². The van der Waals surface area contributed by atoms with E-state index in [1.54, 1.807) is 0 Å². The van der Waals surface area contributed by atoms with Gasteiger partial charge in [-0.3, -0.25) is 19.2 Å². The molecule has 1 saturated heterocycles. The van der Waals surface area contributed by atoms with Gasteiger partial charge in [-0.2, -0.15) is 0 Å². The first-order chi connectivity index (χ1) is 17.9. The summed E-state index contributed by atoms with van der Waals surface area (Å²) in [5.74, 6) is -2.96. The first-order valence-corrected chi connectivity index (χ1v) is 12.0. The van der Waals surface area contributed by atoms with Gasteiger partial charge in [-0.15, -0.1) is 0 Å². The Labute approximate surface area is 224 Å². The smallest absolute Gasteiger partial charge is 0.336 e. The van der Waals surface area contributed by atoms with Crippen molar-refractivity contribution >= 4 is 50.8 Å². The summed E-state index contributed by atoms with van der Waals surface area (Å²) >= 11 is 3.35. The van der Waals surface area contributed by atoms with E-state index in [-0.39, 0.29) is 11.3 Å². The number of benzene rings is 1. The largest absolute Gasteiger partial charge is 0.463 e. The zero-order valence-electron chi connectivity index (χ0n) is 20.8. The minimum Gasteiger partial charge on any atom is -0.463 e. The fraction of sp³-hybridized carbons (Fsp3) is 0.458. The number of rotatable bonds is 8. The molecular weight excluding hydrogens is 576 g/mol. The minimum atomic E-state index is -1.49. The lowest BCUT2D eigenvalue weighted by molar-refractivity contribution is -0.288. The number of fused-ring (bicyclic) bond motifs is 1. The third-order valence-electron chi connectivity index (χ3n) is 5.24. The normalized spacial score (nSPS) is 22.8. The van der Waals surface area contributed by atoms with Crippen molar-refractivity contribution in [2.45, 2.75) is 65.0 Å². The molecule has 5 atom stereocenters. The van der Waals surface area contributed by atoms with Crippen LogP contribution in [-0.2, 0) is 49.5 Å². The van der Waals surface area contributed by atoms with Gasteiger partial charge in [0.2, 0.25) is 12.4 Å². The lowest BCUT2D eigenvalue weighted by atomic mass is 9.98. The number of hydrogen-bond donors (Lipinski definition) is 1. The summed E-state index contributed by atoms with van der Waals surface area (Å²) in [5.41, 5.74) is -0.316. The lowest BCUT2D eigenvalue weighted by Crippen LogP contribution is -2.63. The van der Waals surface area contributed by atoms with Crippen LogP contribution in [-0.4, -0.2) is 66.3 Å². The Balaban J connectivity index is 2.08. The second-order valence-corrected chi connectivity index (χ2v) is 9.07. The van der Waals surface area contributed by atoms with Crippen LogP contribution >= 0.6 is 15.9 Å². The third-order valence-corrected chi connectivity index (χ3v) is 5.86. The number of aliphatic hydroxyl groups excluding tert-OH is 1. The van der Waals surface area contributed by atoms with E-state index in [0.29, 0.717) is 15.4 Å². The van der Waals surface area contributed by atoms with E-state index >= 15 is 0 Å². The summed E-state index contributed by atoms with van der Waals surface area (Å²) < 4.78 is 38.6. The molecule has 1 N–H and O–H groups in total. The molecule has 38 heavy (non-hydrogen) atoms. The molecule has 0 unspecified atom stereocenters. The second kappa shape index (κ2) is 12.4. The van der Waals surface area contributed by atoms with E-state index in [0.717, 1.165) is 33.8 Å². The Kier molecular flexibility index (Phi) is 9.46. The Hall–Kier alpha value is -3.49. The number of esters is 4. The first kappa shape index (κ1) is 29.1. The fourth-order valence-electron chi connectivity index (χ4n) is 3.86. The Bertz CT molecular complexity index is 1290. The van der Waals surface area contributed by atoms with E-state index in [2.05, 4.69) is 15.9 Å². The summed E-state index contributed by atoms with van der Waals surface area (Å²) in [4.78, 5) is 59.2. The topological polar surface area (TPSA) is 174 Å². The summed E-state index contributed by atoms with van der Waals surface area (Å²) in [6.45, 7) is 3.62. The molecule has 0 spiro atoms. The highest BCUT2D eigenvalue weighted by Gasteiger charge is 2.53. The molecule has 0 aliphatic carbocycles. The monoisotopic (exact) mass is 600 g/mol. The van der Waals surface area contributed by atoms with Gasteiger partial charge >= 0.3 is 29.5 Å². The van der Waals surface area contributed by atoms with Crippen LogP contribution in [0.15, 0.2) is 31.9 Å². The minimum absolute atomic E-state index is 0.0524. The lowest BCUT2D eigenvalue weighted by Gasteiger charge is -2.44. The quantitative estimate of drug-likeness (QED) is 0.262. The highest BCUT2D eigenvalue weighted by atomic mass is 79.9. The standard InChI is InChI=1S/C24H25BrO13/c1-10(27)32-9-19-21(33-11(2)28)22(34-12(3)29)23(35-13(4)30)24(38-19)37-18-7-17-15(6-16(18)25)14(8-26)5-20(31)36-17/h5-7,19,21-24,26H,8-9H2,1-4H3/t19-,21+,22+,23-,24-/m1/s1. The van der Waals surface area contributed by atoms with Crippen molar-refractivity contribution in [3.63, 3.8) is 0 Å². The molecule has 0 bridgehead atoms. The Morgan fingerprint density at radius 1 is 0.895 bits per heavy atom. The maximum absolute atomic E-state index is 12.0. The molecule has 2 heterocycles. The van der Waals surface area contributed by atoms with Crippen molar-refractivity contribution in [3.05, 3.63) is 38.7 Å². The van der Waals surface area contributed by atoms with Gasteiger partial charge in [0.25, 0.3) is 0 Å². The van der Waals surface area contributed by atoms with Gasteiger partial charge in [-0.1, -0.05) is 0 Å². The number of ether oxygens (including phenoxy) is 6. The highest BCUT2D eigenvalue weighted by Crippen LogP contribution is 2.36. The summed E-state index contributed by atoms with van der Waals surface area (Å²) in [5, 5.41) is 10.0. The van der Waals surface area contributed by atoms with E-state index in [1.807, 2.05) is 0 Å². The first-order valence-electron chi connectivity index (χ1n) is 11.2. The summed E-state index contributed by atoms with van der Waals surface area (Å²) in [6, 6.07) is 4.02. The van der Waals surface area contributed by atoms with E-state index in [4.69, 9.17) is 32.8 Å². The number of halogens is 1. The number of hydrogen-bond acceptors (Lipinski definition) is 13. The zero-order valence-corrected chi connectivity index (χ0v) is 22.3. The third kappa shape index (κ3) is 7.08. The van der Waals surface area contributed by atoms with Crippen LogP contribution in [0.25, 0.3) is 11.0 Å². The molecule has 3 rings (SSSR count). The Morgan fingerprint density at radius 3 is 2.08 bits per heavy atom.